The average Bonchev–Trinajstić information content (AvgIpc) is 3.39. The highest BCUT2D eigenvalue weighted by molar-refractivity contribution is 7.21. The molecule has 1 aliphatic heterocycles. The zero-order valence-corrected chi connectivity index (χ0v) is 36.8. The predicted octanol–water partition coefficient (Wildman–Crippen LogP) is 14.0. The van der Waals surface area contributed by atoms with Crippen molar-refractivity contribution in [3.05, 3.63) is 267 Å². The molecule has 1 aliphatic rings. The first-order chi connectivity index (χ1) is 32.2. The molecule has 11 aromatic carbocycles. The Bertz CT molecular complexity index is 3420. The summed E-state index contributed by atoms with van der Waals surface area (Å²) in [7, 11) is -2.85. The second-order valence-electron chi connectivity index (χ2n) is 16.9. The van der Waals surface area contributed by atoms with Gasteiger partial charge in [-0.3, -0.25) is 0 Å². The van der Waals surface area contributed by atoms with Gasteiger partial charge >= 0.3 is 0 Å². The Morgan fingerprint density at radius 3 is 1.45 bits per heavy atom. The number of anilines is 6. The smallest absolute Gasteiger partial charge is 0.184 e. The van der Waals surface area contributed by atoms with E-state index >= 15 is 0 Å². The monoisotopic (exact) mass is 844 g/mol. The van der Waals surface area contributed by atoms with Crippen LogP contribution in [0.25, 0.3) is 43.8 Å². The predicted molar refractivity (Wildman–Crippen MR) is 279 cm³/mol. The van der Waals surface area contributed by atoms with Gasteiger partial charge in [0.25, 0.3) is 0 Å². The number of nitrogens with zero attached hydrogens (tertiary/aromatic N) is 2. The average molecular weight is 845 g/mol. The first-order valence-corrected chi connectivity index (χ1v) is 24.4. The summed E-state index contributed by atoms with van der Waals surface area (Å²) < 4.78 is 0. The summed E-state index contributed by atoms with van der Waals surface area (Å²) in [6, 6.07) is 98.5. The van der Waals surface area contributed by atoms with Gasteiger partial charge in [0, 0.05) is 34.1 Å². The van der Waals surface area contributed by atoms with Crippen LogP contribution in [0.5, 0.6) is 0 Å². The molecule has 11 aromatic rings. The molecule has 0 unspecified atom stereocenters. The highest BCUT2D eigenvalue weighted by Gasteiger charge is 2.48. The van der Waals surface area contributed by atoms with E-state index in [1.54, 1.807) is 0 Å². The van der Waals surface area contributed by atoms with Crippen LogP contribution in [-0.4, -0.2) is 8.07 Å². The first-order valence-electron chi connectivity index (χ1n) is 22.4. The highest BCUT2D eigenvalue weighted by Crippen LogP contribution is 2.42. The third kappa shape index (κ3) is 6.56. The lowest BCUT2D eigenvalue weighted by atomic mass is 10.0. The van der Waals surface area contributed by atoms with Crippen molar-refractivity contribution >= 4 is 84.5 Å². The zero-order chi connectivity index (χ0) is 43.2. The maximum atomic E-state index is 2.51. The SMILES string of the molecule is c1ccc(-c2ccc(N(c3ccc(-c4ccc5c(c4)[Si](c4ccccc4)(c4ccccc4)c4ccccc4N5c4ccccc4)cc3)c3ccc4c(ccc5ccccc54)c3)cc2)cc1. The van der Waals surface area contributed by atoms with E-state index in [0.717, 1.165) is 22.7 Å². The second-order valence-corrected chi connectivity index (χ2v) is 20.6. The summed E-state index contributed by atoms with van der Waals surface area (Å²) in [4.78, 5) is 4.86. The molecule has 0 radical (unpaired) electrons. The van der Waals surface area contributed by atoms with E-state index in [4.69, 9.17) is 0 Å². The standard InChI is InChI=1S/C62H44N2Si/c1-5-17-45(18-6-1)46-31-36-52(37-32-46)63(54-40-41-58-50(43-54)30-29-48-19-13-14-26-57(48)58)53-38-33-47(34-39-53)49-35-42-60-62(44-49)65(55-22-9-3-10-23-55,56-24-11-4-12-25-56)61-28-16-15-27-59(61)64(60)51-20-7-2-8-21-51/h1-44H. The largest absolute Gasteiger partial charge is 0.311 e. The third-order valence-electron chi connectivity index (χ3n) is 13.3. The topological polar surface area (TPSA) is 6.48 Å². The Balaban J connectivity index is 1.02. The van der Waals surface area contributed by atoms with Crippen LogP contribution in [0.3, 0.4) is 0 Å². The van der Waals surface area contributed by atoms with Crippen molar-refractivity contribution in [2.45, 2.75) is 0 Å². The van der Waals surface area contributed by atoms with Crippen LogP contribution in [0.4, 0.5) is 34.1 Å². The molecule has 0 spiro atoms. The van der Waals surface area contributed by atoms with Gasteiger partial charge in [-0.25, -0.2) is 0 Å². The van der Waals surface area contributed by atoms with Crippen LogP contribution < -0.4 is 30.5 Å². The van der Waals surface area contributed by atoms with Gasteiger partial charge in [0.05, 0.1) is 0 Å². The maximum Gasteiger partial charge on any atom is 0.184 e. The molecule has 0 atom stereocenters. The van der Waals surface area contributed by atoms with Crippen LogP contribution in [0.1, 0.15) is 0 Å². The Kier molecular flexibility index (Phi) is 9.55. The van der Waals surface area contributed by atoms with E-state index < -0.39 is 8.07 Å². The molecule has 0 N–H and O–H groups in total. The number of fused-ring (bicyclic) bond motifs is 5. The summed E-state index contributed by atoms with van der Waals surface area (Å²) in [6.07, 6.45) is 0. The summed E-state index contributed by atoms with van der Waals surface area (Å²) >= 11 is 0. The molecule has 12 rings (SSSR count). The van der Waals surface area contributed by atoms with Crippen LogP contribution in [0, 0.1) is 0 Å². The molecular weight excluding hydrogens is 801 g/mol. The summed E-state index contributed by atoms with van der Waals surface area (Å²) in [6.45, 7) is 0. The molecule has 65 heavy (non-hydrogen) atoms. The molecule has 1 heterocycles. The van der Waals surface area contributed by atoms with E-state index in [1.165, 1.54) is 75.9 Å². The van der Waals surface area contributed by atoms with Crippen molar-refractivity contribution in [2.75, 3.05) is 9.80 Å². The fraction of sp³-hybridized carbons (Fsp3) is 0. The number of rotatable bonds is 8. The van der Waals surface area contributed by atoms with Gasteiger partial charge in [0.15, 0.2) is 8.07 Å². The van der Waals surface area contributed by atoms with Crippen molar-refractivity contribution in [1.82, 2.24) is 0 Å². The van der Waals surface area contributed by atoms with Crippen molar-refractivity contribution in [3.8, 4) is 22.3 Å². The lowest BCUT2D eigenvalue weighted by Crippen LogP contribution is -2.77. The van der Waals surface area contributed by atoms with Crippen LogP contribution in [0.15, 0.2) is 267 Å². The van der Waals surface area contributed by atoms with Gasteiger partial charge in [-0.05, 0) is 125 Å². The quantitative estimate of drug-likeness (QED) is 0.111. The maximum absolute atomic E-state index is 2.85. The molecule has 0 bridgehead atoms. The minimum absolute atomic E-state index is 1.10. The Morgan fingerprint density at radius 2 is 0.769 bits per heavy atom. The van der Waals surface area contributed by atoms with E-state index in [1.807, 2.05) is 0 Å². The zero-order valence-electron chi connectivity index (χ0n) is 35.8. The van der Waals surface area contributed by atoms with Crippen molar-refractivity contribution in [2.24, 2.45) is 0 Å². The molecule has 0 saturated carbocycles. The van der Waals surface area contributed by atoms with Gasteiger partial charge in [0.1, 0.15) is 0 Å². The Morgan fingerprint density at radius 1 is 0.292 bits per heavy atom. The van der Waals surface area contributed by atoms with Crippen LogP contribution >= 0.6 is 0 Å². The molecule has 0 aromatic heterocycles. The highest BCUT2D eigenvalue weighted by atomic mass is 28.3. The molecule has 2 nitrogen and oxygen atoms in total. The van der Waals surface area contributed by atoms with Gasteiger partial charge in [0.2, 0.25) is 0 Å². The van der Waals surface area contributed by atoms with Crippen LogP contribution in [0.2, 0.25) is 0 Å². The van der Waals surface area contributed by atoms with Gasteiger partial charge in [-0.2, -0.15) is 0 Å². The number of benzene rings is 11. The molecule has 0 amide bonds. The fourth-order valence-electron chi connectivity index (χ4n) is 10.3. The minimum Gasteiger partial charge on any atom is -0.311 e. The third-order valence-corrected chi connectivity index (χ3v) is 18.1. The van der Waals surface area contributed by atoms with Crippen LogP contribution in [-0.2, 0) is 0 Å². The molecule has 0 saturated heterocycles. The second kappa shape index (κ2) is 16.1. The van der Waals surface area contributed by atoms with Crippen molar-refractivity contribution in [3.63, 3.8) is 0 Å². The van der Waals surface area contributed by atoms with Crippen molar-refractivity contribution in [1.29, 1.82) is 0 Å². The number of hydrogen-bond acceptors (Lipinski definition) is 2. The van der Waals surface area contributed by atoms with E-state index in [-0.39, 0.29) is 0 Å². The summed E-state index contributed by atoms with van der Waals surface area (Å²) in [5.41, 5.74) is 11.7. The number of hydrogen-bond donors (Lipinski definition) is 0. The normalized spacial score (nSPS) is 12.7. The minimum atomic E-state index is -2.85. The fourth-order valence-corrected chi connectivity index (χ4v) is 15.4. The van der Waals surface area contributed by atoms with Gasteiger partial charge in [-0.15, -0.1) is 0 Å². The van der Waals surface area contributed by atoms with E-state index in [2.05, 4.69) is 277 Å². The Labute approximate surface area is 381 Å². The van der Waals surface area contributed by atoms with Crippen molar-refractivity contribution < 1.29 is 0 Å². The molecule has 306 valence electrons. The lowest BCUT2D eigenvalue weighted by Gasteiger charge is -2.45. The summed E-state index contributed by atoms with van der Waals surface area (Å²) in [5.74, 6) is 0. The Hall–Kier alpha value is -8.24. The number of para-hydroxylation sites is 2. The van der Waals surface area contributed by atoms with Gasteiger partial charge < -0.3 is 9.80 Å². The lowest BCUT2D eigenvalue weighted by molar-refractivity contribution is 1.28. The molecule has 0 fully saturated rings. The molecule has 0 aliphatic carbocycles. The molecule has 3 heteroatoms. The van der Waals surface area contributed by atoms with E-state index in [9.17, 15) is 0 Å². The van der Waals surface area contributed by atoms with Gasteiger partial charge in [-0.1, -0.05) is 206 Å². The van der Waals surface area contributed by atoms with E-state index in [0.29, 0.717) is 0 Å². The first kappa shape index (κ1) is 38.4. The summed E-state index contributed by atoms with van der Waals surface area (Å²) in [5, 5.41) is 10.5. The molecular formula is C62H44N2Si.